The number of aromatic nitrogens is 4. The van der Waals surface area contributed by atoms with Crippen LogP contribution in [0, 0.1) is 5.92 Å². The van der Waals surface area contributed by atoms with Gasteiger partial charge in [-0.05, 0) is 50.2 Å². The Bertz CT molecular complexity index is 777. The first-order valence-electron chi connectivity index (χ1n) is 9.79. The van der Waals surface area contributed by atoms with Gasteiger partial charge < -0.3 is 5.32 Å². The van der Waals surface area contributed by atoms with Crippen molar-refractivity contribution >= 4 is 18.5 Å². The summed E-state index contributed by atoms with van der Waals surface area (Å²) in [6.45, 7) is 1.72. The molecule has 0 unspecified atom stereocenters. The predicted octanol–water partition coefficient (Wildman–Crippen LogP) is 3.00. The number of aryl methyl sites for hydroxylation is 1. The number of rotatable bonds is 9. The van der Waals surface area contributed by atoms with Crippen molar-refractivity contribution in [3.63, 3.8) is 0 Å². The van der Waals surface area contributed by atoms with E-state index in [9.17, 15) is 4.79 Å². The molecule has 2 aliphatic carbocycles. The summed E-state index contributed by atoms with van der Waals surface area (Å²) in [7, 11) is 0. The van der Waals surface area contributed by atoms with E-state index in [4.69, 9.17) is 5.10 Å². The molecule has 26 heavy (non-hydrogen) atoms. The molecule has 6 nitrogen and oxygen atoms in total. The third-order valence-corrected chi connectivity index (χ3v) is 5.63. The summed E-state index contributed by atoms with van der Waals surface area (Å²) < 4.78 is 2.07. The number of carbonyl (C=O) groups excluding carboxylic acids is 1. The van der Waals surface area contributed by atoms with Gasteiger partial charge in [0, 0.05) is 30.4 Å². The Morgan fingerprint density at radius 3 is 2.92 bits per heavy atom. The van der Waals surface area contributed by atoms with Crippen molar-refractivity contribution in [2.75, 3.05) is 12.3 Å². The molecular formula is C19H27N5OS. The number of hydrogen-bond acceptors (Lipinski definition) is 4. The van der Waals surface area contributed by atoms with E-state index in [1.807, 2.05) is 0 Å². The van der Waals surface area contributed by atoms with Gasteiger partial charge in [-0.3, -0.25) is 14.6 Å². The minimum Gasteiger partial charge on any atom is -0.351 e. The molecule has 0 spiro atoms. The molecule has 0 aromatic carbocycles. The molecule has 1 fully saturated rings. The van der Waals surface area contributed by atoms with Gasteiger partial charge in [0.1, 0.15) is 0 Å². The summed E-state index contributed by atoms with van der Waals surface area (Å²) in [4.78, 5) is 12.5. The van der Waals surface area contributed by atoms with Gasteiger partial charge in [-0.1, -0.05) is 12.8 Å². The molecule has 2 aromatic rings. The number of hydrogen-bond donors (Lipinski definition) is 3. The van der Waals surface area contributed by atoms with Crippen molar-refractivity contribution in [1.82, 2.24) is 25.3 Å². The molecule has 2 aliphatic rings. The second-order valence-corrected chi connectivity index (χ2v) is 7.92. The highest BCUT2D eigenvalue weighted by Crippen LogP contribution is 2.35. The number of thiol groups is 1. The van der Waals surface area contributed by atoms with Crippen LogP contribution in [0.15, 0.2) is 6.20 Å². The standard InChI is InChI=1S/C19H27N5OS/c25-19(20-9-3-1-2-4-10-26)18-14-7-8-16-15(17(14)21-22-18)12-24(23-16)11-13-5-6-13/h12-13,26H,1-11H2,(H,20,25)(H,21,22). The molecular weight excluding hydrogens is 346 g/mol. The number of fused-ring (bicyclic) bond motifs is 3. The lowest BCUT2D eigenvalue weighted by Crippen LogP contribution is -2.26. The third-order valence-electron chi connectivity index (χ3n) is 5.31. The van der Waals surface area contributed by atoms with Crippen molar-refractivity contribution < 1.29 is 4.79 Å². The van der Waals surface area contributed by atoms with Crippen LogP contribution in [0.1, 0.15) is 60.3 Å². The molecule has 2 heterocycles. The van der Waals surface area contributed by atoms with Gasteiger partial charge in [-0.25, -0.2) is 0 Å². The van der Waals surface area contributed by atoms with E-state index < -0.39 is 0 Å². The Hall–Kier alpha value is -1.76. The highest BCUT2D eigenvalue weighted by atomic mass is 32.1. The highest BCUT2D eigenvalue weighted by Gasteiger charge is 2.28. The maximum atomic E-state index is 12.5. The second-order valence-electron chi connectivity index (χ2n) is 7.47. The Labute approximate surface area is 159 Å². The fraction of sp³-hybridized carbons (Fsp3) is 0.632. The van der Waals surface area contributed by atoms with Crippen LogP contribution in [-0.4, -0.2) is 38.2 Å². The fourth-order valence-corrected chi connectivity index (χ4v) is 3.88. The van der Waals surface area contributed by atoms with Crippen LogP contribution in [0.25, 0.3) is 11.3 Å². The van der Waals surface area contributed by atoms with Crippen LogP contribution in [0.4, 0.5) is 0 Å². The zero-order valence-corrected chi connectivity index (χ0v) is 16.0. The smallest absolute Gasteiger partial charge is 0.272 e. The van der Waals surface area contributed by atoms with Gasteiger partial charge in [-0.15, -0.1) is 0 Å². The maximum absolute atomic E-state index is 12.5. The van der Waals surface area contributed by atoms with Gasteiger partial charge in [0.15, 0.2) is 5.69 Å². The Balaban J connectivity index is 1.39. The Morgan fingerprint density at radius 1 is 1.27 bits per heavy atom. The van der Waals surface area contributed by atoms with E-state index in [0.717, 1.165) is 72.8 Å². The molecule has 1 amide bonds. The summed E-state index contributed by atoms with van der Waals surface area (Å²) in [5, 5.41) is 15.2. The molecule has 2 aromatic heterocycles. The third kappa shape index (κ3) is 3.82. The molecule has 1 saturated carbocycles. The normalized spacial score (nSPS) is 15.6. The van der Waals surface area contributed by atoms with Gasteiger partial charge >= 0.3 is 0 Å². The minimum absolute atomic E-state index is 0.0643. The van der Waals surface area contributed by atoms with Gasteiger partial charge in [0.2, 0.25) is 0 Å². The second kappa shape index (κ2) is 7.86. The van der Waals surface area contributed by atoms with Crippen LogP contribution < -0.4 is 5.32 Å². The highest BCUT2D eigenvalue weighted by molar-refractivity contribution is 7.80. The molecule has 0 aliphatic heterocycles. The molecule has 4 rings (SSSR count). The first-order valence-corrected chi connectivity index (χ1v) is 10.4. The van der Waals surface area contributed by atoms with Crippen LogP contribution in [0.2, 0.25) is 0 Å². The monoisotopic (exact) mass is 373 g/mol. The van der Waals surface area contributed by atoms with Crippen molar-refractivity contribution in [2.24, 2.45) is 5.92 Å². The van der Waals surface area contributed by atoms with Crippen LogP contribution in [-0.2, 0) is 19.4 Å². The van der Waals surface area contributed by atoms with Crippen LogP contribution in [0.5, 0.6) is 0 Å². The molecule has 2 N–H and O–H groups in total. The molecule has 0 atom stereocenters. The number of nitrogens with zero attached hydrogens (tertiary/aromatic N) is 3. The summed E-state index contributed by atoms with van der Waals surface area (Å²) >= 11 is 4.22. The Morgan fingerprint density at radius 2 is 2.12 bits per heavy atom. The van der Waals surface area contributed by atoms with Crippen molar-refractivity contribution in [3.8, 4) is 11.3 Å². The van der Waals surface area contributed by atoms with Gasteiger partial charge in [0.05, 0.1) is 11.4 Å². The molecule has 140 valence electrons. The van der Waals surface area contributed by atoms with Crippen molar-refractivity contribution in [3.05, 3.63) is 23.1 Å². The number of amides is 1. The Kier molecular flexibility index (Phi) is 5.33. The van der Waals surface area contributed by atoms with E-state index in [2.05, 4.69) is 39.0 Å². The molecule has 0 saturated heterocycles. The number of unbranched alkanes of at least 4 members (excludes halogenated alkanes) is 3. The molecule has 7 heteroatoms. The predicted molar refractivity (Wildman–Crippen MR) is 105 cm³/mol. The number of aromatic amines is 1. The average Bonchev–Trinajstić information content (AvgIpc) is 3.18. The van der Waals surface area contributed by atoms with E-state index in [0.29, 0.717) is 12.2 Å². The minimum atomic E-state index is -0.0643. The van der Waals surface area contributed by atoms with E-state index in [-0.39, 0.29) is 5.91 Å². The first-order chi connectivity index (χ1) is 12.8. The van der Waals surface area contributed by atoms with E-state index in [1.165, 1.54) is 19.3 Å². The summed E-state index contributed by atoms with van der Waals surface area (Å²) in [5.41, 5.74) is 4.81. The number of H-pyrrole nitrogens is 1. The van der Waals surface area contributed by atoms with Crippen LogP contribution >= 0.6 is 12.6 Å². The number of carbonyl (C=O) groups is 1. The lowest BCUT2D eigenvalue weighted by atomic mass is 9.94. The summed E-state index contributed by atoms with van der Waals surface area (Å²) in [5.74, 6) is 1.67. The van der Waals surface area contributed by atoms with Crippen LogP contribution in [0.3, 0.4) is 0 Å². The zero-order valence-electron chi connectivity index (χ0n) is 15.1. The van der Waals surface area contributed by atoms with E-state index >= 15 is 0 Å². The maximum Gasteiger partial charge on any atom is 0.272 e. The molecule has 0 radical (unpaired) electrons. The largest absolute Gasteiger partial charge is 0.351 e. The fourth-order valence-electron chi connectivity index (χ4n) is 3.65. The lowest BCUT2D eigenvalue weighted by Gasteiger charge is -2.11. The summed E-state index contributed by atoms with van der Waals surface area (Å²) in [6, 6.07) is 0. The van der Waals surface area contributed by atoms with Crippen molar-refractivity contribution in [2.45, 2.75) is 57.9 Å². The topological polar surface area (TPSA) is 75.6 Å². The summed E-state index contributed by atoms with van der Waals surface area (Å²) in [6.07, 6.45) is 10.9. The van der Waals surface area contributed by atoms with Gasteiger partial charge in [0.25, 0.3) is 5.91 Å². The lowest BCUT2D eigenvalue weighted by molar-refractivity contribution is 0.0947. The van der Waals surface area contributed by atoms with E-state index in [1.54, 1.807) is 0 Å². The quantitative estimate of drug-likeness (QED) is 0.467. The number of nitrogens with one attached hydrogen (secondary N) is 2. The van der Waals surface area contributed by atoms with Gasteiger partial charge in [-0.2, -0.15) is 22.8 Å². The first kappa shape index (κ1) is 17.6. The van der Waals surface area contributed by atoms with Crippen molar-refractivity contribution in [1.29, 1.82) is 0 Å². The zero-order chi connectivity index (χ0) is 17.9. The average molecular weight is 374 g/mol. The molecule has 0 bridgehead atoms. The SMILES string of the molecule is O=C(NCCCCCCS)c1n[nH]c2c1CCc1nn(CC3CC3)cc1-2.